The Kier molecular flexibility index (Phi) is 7.80. The lowest BCUT2D eigenvalue weighted by atomic mass is 9.95. The molecule has 0 saturated heterocycles. The van der Waals surface area contributed by atoms with Crippen LogP contribution in [0.4, 0.5) is 5.69 Å². The van der Waals surface area contributed by atoms with Gasteiger partial charge >= 0.3 is 0 Å². The fraction of sp³-hybridized carbons (Fsp3) is 0.346. The standard InChI is InChI=1S/C26H29N3O4S/c1-18-8-5-11-20(16-18)29(23(30)17-27-25(31)22-13-7-15-34-22)24(21-12-6-14-33-21)26(32)28-19-9-3-2-4-10-19/h5-8,11-16,19,24H,2-4,9-10,17H2,1H3,(H,27,31)(H,28,32)/t24-/m1/s1. The lowest BCUT2D eigenvalue weighted by Gasteiger charge is -2.32. The second-order valence-electron chi connectivity index (χ2n) is 8.52. The monoisotopic (exact) mass is 479 g/mol. The largest absolute Gasteiger partial charge is 0.467 e. The van der Waals surface area contributed by atoms with Crippen LogP contribution in [0.3, 0.4) is 0 Å². The summed E-state index contributed by atoms with van der Waals surface area (Å²) < 4.78 is 5.63. The number of thiophene rings is 1. The Morgan fingerprint density at radius 2 is 1.91 bits per heavy atom. The fourth-order valence-electron chi connectivity index (χ4n) is 4.30. The Morgan fingerprint density at radius 1 is 1.09 bits per heavy atom. The van der Waals surface area contributed by atoms with Gasteiger partial charge in [-0.15, -0.1) is 11.3 Å². The molecule has 0 aliphatic heterocycles. The lowest BCUT2D eigenvalue weighted by Crippen LogP contribution is -2.49. The van der Waals surface area contributed by atoms with Crippen LogP contribution in [0.2, 0.25) is 0 Å². The van der Waals surface area contributed by atoms with Crippen molar-refractivity contribution < 1.29 is 18.8 Å². The molecule has 2 N–H and O–H groups in total. The number of amides is 3. The minimum Gasteiger partial charge on any atom is -0.467 e. The molecule has 1 aliphatic carbocycles. The fourth-order valence-corrected chi connectivity index (χ4v) is 4.94. The Bertz CT molecular complexity index is 1110. The Labute approximate surface area is 203 Å². The van der Waals surface area contributed by atoms with Gasteiger partial charge in [-0.25, -0.2) is 0 Å². The summed E-state index contributed by atoms with van der Waals surface area (Å²) in [5, 5.41) is 7.63. The van der Waals surface area contributed by atoms with Crippen LogP contribution in [-0.4, -0.2) is 30.3 Å². The van der Waals surface area contributed by atoms with E-state index in [4.69, 9.17) is 4.42 Å². The Morgan fingerprint density at radius 3 is 2.59 bits per heavy atom. The van der Waals surface area contributed by atoms with E-state index in [1.54, 1.807) is 35.7 Å². The highest BCUT2D eigenvalue weighted by atomic mass is 32.1. The van der Waals surface area contributed by atoms with Crippen molar-refractivity contribution in [3.8, 4) is 0 Å². The maximum Gasteiger partial charge on any atom is 0.261 e. The minimum atomic E-state index is -0.995. The predicted octanol–water partition coefficient (Wildman–Crippen LogP) is 4.60. The van der Waals surface area contributed by atoms with E-state index in [1.165, 1.54) is 28.9 Å². The Balaban J connectivity index is 1.63. The number of carbonyl (C=O) groups is 3. The smallest absolute Gasteiger partial charge is 0.261 e. The van der Waals surface area contributed by atoms with Crippen molar-refractivity contribution in [1.82, 2.24) is 10.6 Å². The first kappa shape index (κ1) is 23.8. The molecule has 178 valence electrons. The topological polar surface area (TPSA) is 91.7 Å². The number of nitrogens with zero attached hydrogens (tertiary/aromatic N) is 1. The summed E-state index contributed by atoms with van der Waals surface area (Å²) in [6, 6.07) is 13.4. The van der Waals surface area contributed by atoms with E-state index in [0.717, 1.165) is 31.2 Å². The van der Waals surface area contributed by atoms with Crippen LogP contribution in [0.15, 0.2) is 64.6 Å². The van der Waals surface area contributed by atoms with Crippen molar-refractivity contribution in [2.45, 2.75) is 51.1 Å². The molecule has 0 spiro atoms. The van der Waals surface area contributed by atoms with Gasteiger partial charge in [0.15, 0.2) is 6.04 Å². The third-order valence-corrected chi connectivity index (χ3v) is 6.83. The van der Waals surface area contributed by atoms with Gasteiger partial charge in [-0.05, 0) is 61.0 Å². The molecule has 2 aromatic heterocycles. The van der Waals surface area contributed by atoms with Crippen molar-refractivity contribution in [1.29, 1.82) is 0 Å². The van der Waals surface area contributed by atoms with Crippen LogP contribution in [0.25, 0.3) is 0 Å². The van der Waals surface area contributed by atoms with Crippen molar-refractivity contribution in [2.24, 2.45) is 0 Å². The Hall–Kier alpha value is -3.39. The van der Waals surface area contributed by atoms with E-state index in [-0.39, 0.29) is 24.4 Å². The number of aryl methyl sites for hydroxylation is 1. The van der Waals surface area contributed by atoms with Gasteiger partial charge in [0.1, 0.15) is 5.76 Å². The highest BCUT2D eigenvalue weighted by Gasteiger charge is 2.36. The zero-order valence-corrected chi connectivity index (χ0v) is 20.0. The van der Waals surface area contributed by atoms with Crippen molar-refractivity contribution in [3.63, 3.8) is 0 Å². The molecule has 4 rings (SSSR count). The van der Waals surface area contributed by atoms with Gasteiger partial charge in [0.25, 0.3) is 11.8 Å². The molecular formula is C26H29N3O4S. The molecule has 0 unspecified atom stereocenters. The van der Waals surface area contributed by atoms with E-state index < -0.39 is 11.9 Å². The first-order valence-electron chi connectivity index (χ1n) is 11.6. The second kappa shape index (κ2) is 11.2. The van der Waals surface area contributed by atoms with E-state index in [9.17, 15) is 14.4 Å². The van der Waals surface area contributed by atoms with Crippen LogP contribution >= 0.6 is 11.3 Å². The molecule has 7 nitrogen and oxygen atoms in total. The van der Waals surface area contributed by atoms with E-state index >= 15 is 0 Å². The summed E-state index contributed by atoms with van der Waals surface area (Å²) >= 11 is 1.30. The molecule has 34 heavy (non-hydrogen) atoms. The lowest BCUT2D eigenvalue weighted by molar-refractivity contribution is -0.127. The normalized spacial score (nSPS) is 14.9. The van der Waals surface area contributed by atoms with E-state index in [0.29, 0.717) is 16.3 Å². The zero-order valence-electron chi connectivity index (χ0n) is 19.2. The minimum absolute atomic E-state index is 0.0757. The summed E-state index contributed by atoms with van der Waals surface area (Å²) in [7, 11) is 0. The number of nitrogens with one attached hydrogen (secondary N) is 2. The highest BCUT2D eigenvalue weighted by molar-refractivity contribution is 7.12. The maximum absolute atomic E-state index is 13.6. The molecule has 0 radical (unpaired) electrons. The van der Waals surface area contributed by atoms with Gasteiger partial charge in [0, 0.05) is 11.7 Å². The first-order chi connectivity index (χ1) is 16.5. The number of furan rings is 1. The number of benzene rings is 1. The summed E-state index contributed by atoms with van der Waals surface area (Å²) in [5.41, 5.74) is 1.51. The average Bonchev–Trinajstić information content (AvgIpc) is 3.56. The van der Waals surface area contributed by atoms with Gasteiger partial charge in [-0.3, -0.25) is 19.3 Å². The van der Waals surface area contributed by atoms with Gasteiger partial charge in [-0.1, -0.05) is 37.5 Å². The molecule has 3 aromatic rings. The van der Waals surface area contributed by atoms with E-state index in [2.05, 4.69) is 10.6 Å². The highest BCUT2D eigenvalue weighted by Crippen LogP contribution is 2.30. The zero-order chi connectivity index (χ0) is 23.9. The third-order valence-electron chi connectivity index (χ3n) is 5.96. The predicted molar refractivity (Wildman–Crippen MR) is 132 cm³/mol. The quantitative estimate of drug-likeness (QED) is 0.494. The molecule has 1 atom stereocenters. The van der Waals surface area contributed by atoms with E-state index in [1.807, 2.05) is 25.1 Å². The van der Waals surface area contributed by atoms with Gasteiger partial charge in [0.2, 0.25) is 5.91 Å². The number of carbonyl (C=O) groups excluding carboxylic acids is 3. The molecule has 3 amide bonds. The molecule has 1 fully saturated rings. The number of rotatable bonds is 8. The van der Waals surface area contributed by atoms with Crippen molar-refractivity contribution in [3.05, 3.63) is 76.4 Å². The van der Waals surface area contributed by atoms with Crippen molar-refractivity contribution in [2.75, 3.05) is 11.4 Å². The van der Waals surface area contributed by atoms with Gasteiger partial charge in [0.05, 0.1) is 17.7 Å². The third kappa shape index (κ3) is 5.75. The SMILES string of the molecule is Cc1cccc(N(C(=O)CNC(=O)c2cccs2)[C@@H](C(=O)NC2CCCCC2)c2ccco2)c1. The number of hydrogen-bond donors (Lipinski definition) is 2. The summed E-state index contributed by atoms with van der Waals surface area (Å²) in [5.74, 6) is -0.654. The van der Waals surface area contributed by atoms with Crippen LogP contribution in [0.1, 0.15) is 59.1 Å². The molecule has 1 aromatic carbocycles. The van der Waals surface area contributed by atoms with Crippen LogP contribution in [-0.2, 0) is 9.59 Å². The van der Waals surface area contributed by atoms with Gasteiger partial charge < -0.3 is 15.1 Å². The average molecular weight is 480 g/mol. The van der Waals surface area contributed by atoms with Crippen LogP contribution in [0, 0.1) is 6.92 Å². The van der Waals surface area contributed by atoms with Crippen LogP contribution in [0.5, 0.6) is 0 Å². The summed E-state index contributed by atoms with van der Waals surface area (Å²) in [6.45, 7) is 1.67. The first-order valence-corrected chi connectivity index (χ1v) is 12.4. The van der Waals surface area contributed by atoms with Gasteiger partial charge in [-0.2, -0.15) is 0 Å². The number of anilines is 1. The summed E-state index contributed by atoms with van der Waals surface area (Å²) in [6.07, 6.45) is 6.66. The maximum atomic E-state index is 13.6. The molecule has 8 heteroatoms. The second-order valence-corrected chi connectivity index (χ2v) is 9.47. The molecule has 1 aliphatic rings. The van der Waals surface area contributed by atoms with Crippen LogP contribution < -0.4 is 15.5 Å². The molecular weight excluding hydrogens is 450 g/mol. The molecule has 0 bridgehead atoms. The van der Waals surface area contributed by atoms with Crippen molar-refractivity contribution >= 4 is 34.7 Å². The molecule has 2 heterocycles. The molecule has 1 saturated carbocycles. The summed E-state index contributed by atoms with van der Waals surface area (Å²) in [4.78, 5) is 41.5. The number of hydrogen-bond acceptors (Lipinski definition) is 5.